The number of aliphatic hydroxyl groups is 1. The molecule has 1 atom stereocenters. The molecular formula is C7H8Cl2N2O. The van der Waals surface area contributed by atoms with Crippen LogP contribution in [0.25, 0.3) is 0 Å². The molecule has 1 aromatic heterocycles. The van der Waals surface area contributed by atoms with Crippen LogP contribution in [0.15, 0.2) is 12.4 Å². The maximum atomic E-state index is 8.77. The van der Waals surface area contributed by atoms with Gasteiger partial charge in [0.05, 0.1) is 22.7 Å². The van der Waals surface area contributed by atoms with Crippen molar-refractivity contribution in [3.05, 3.63) is 28.0 Å². The van der Waals surface area contributed by atoms with Crippen molar-refractivity contribution in [2.24, 2.45) is 5.73 Å². The topological polar surface area (TPSA) is 59.1 Å². The number of halogens is 2. The average Bonchev–Trinajstić information content (AvgIpc) is 2.03. The third kappa shape index (κ3) is 1.87. The number of rotatable bonds is 2. The van der Waals surface area contributed by atoms with E-state index in [2.05, 4.69) is 4.98 Å². The molecule has 0 unspecified atom stereocenters. The highest BCUT2D eigenvalue weighted by atomic mass is 35.5. The van der Waals surface area contributed by atoms with Gasteiger partial charge in [-0.25, -0.2) is 0 Å². The molecule has 0 bridgehead atoms. The molecule has 0 spiro atoms. The second kappa shape index (κ2) is 4.05. The van der Waals surface area contributed by atoms with Crippen molar-refractivity contribution >= 4 is 23.2 Å². The first kappa shape index (κ1) is 9.74. The van der Waals surface area contributed by atoms with E-state index >= 15 is 0 Å². The van der Waals surface area contributed by atoms with Crippen molar-refractivity contribution in [2.45, 2.75) is 6.04 Å². The predicted octanol–water partition coefficient (Wildman–Crippen LogP) is 1.38. The summed E-state index contributed by atoms with van der Waals surface area (Å²) in [6.07, 6.45) is 2.89. The van der Waals surface area contributed by atoms with Crippen LogP contribution in [0.2, 0.25) is 10.0 Å². The van der Waals surface area contributed by atoms with Crippen LogP contribution < -0.4 is 5.73 Å². The molecular weight excluding hydrogens is 199 g/mol. The molecule has 1 heterocycles. The van der Waals surface area contributed by atoms with Crippen molar-refractivity contribution < 1.29 is 5.11 Å². The van der Waals surface area contributed by atoms with E-state index in [4.69, 9.17) is 34.0 Å². The quantitative estimate of drug-likeness (QED) is 0.770. The highest BCUT2D eigenvalue weighted by Gasteiger charge is 2.12. The fourth-order valence-corrected chi connectivity index (χ4v) is 1.51. The largest absolute Gasteiger partial charge is 0.394 e. The van der Waals surface area contributed by atoms with E-state index in [1.54, 1.807) is 0 Å². The standard InChI is InChI=1S/C7H8Cl2N2O/c8-4-1-11-2-5(9)7(4)6(10)3-12/h1-2,6,12H,3,10H2/t6-/m0/s1. The summed E-state index contributed by atoms with van der Waals surface area (Å²) < 4.78 is 0. The lowest BCUT2D eigenvalue weighted by atomic mass is 10.1. The van der Waals surface area contributed by atoms with Gasteiger partial charge in [-0.05, 0) is 0 Å². The molecule has 12 heavy (non-hydrogen) atoms. The van der Waals surface area contributed by atoms with Crippen molar-refractivity contribution in [3.8, 4) is 0 Å². The van der Waals surface area contributed by atoms with Gasteiger partial charge >= 0.3 is 0 Å². The van der Waals surface area contributed by atoms with Crippen LogP contribution in [0.3, 0.4) is 0 Å². The van der Waals surface area contributed by atoms with Gasteiger partial charge in [-0.1, -0.05) is 23.2 Å². The molecule has 5 heteroatoms. The van der Waals surface area contributed by atoms with Gasteiger partial charge in [-0.2, -0.15) is 0 Å². The van der Waals surface area contributed by atoms with E-state index in [0.717, 1.165) is 0 Å². The Bertz CT molecular complexity index is 260. The second-order valence-electron chi connectivity index (χ2n) is 2.31. The van der Waals surface area contributed by atoms with Crippen molar-refractivity contribution in [2.75, 3.05) is 6.61 Å². The van der Waals surface area contributed by atoms with Crippen molar-refractivity contribution in [1.29, 1.82) is 0 Å². The minimum atomic E-state index is -0.548. The Morgan fingerprint density at radius 3 is 2.33 bits per heavy atom. The molecule has 0 aliphatic carbocycles. The average molecular weight is 207 g/mol. The van der Waals surface area contributed by atoms with E-state index < -0.39 is 6.04 Å². The van der Waals surface area contributed by atoms with Crippen LogP contribution in [0.4, 0.5) is 0 Å². The van der Waals surface area contributed by atoms with Gasteiger partial charge in [0.1, 0.15) is 0 Å². The first-order chi connectivity index (χ1) is 5.66. The summed E-state index contributed by atoms with van der Waals surface area (Å²) in [5.41, 5.74) is 6.09. The number of aliphatic hydroxyl groups excluding tert-OH is 1. The second-order valence-corrected chi connectivity index (χ2v) is 3.12. The first-order valence-corrected chi connectivity index (χ1v) is 4.07. The smallest absolute Gasteiger partial charge is 0.0652 e. The van der Waals surface area contributed by atoms with Crippen LogP contribution in [-0.4, -0.2) is 16.7 Å². The summed E-state index contributed by atoms with van der Waals surface area (Å²) in [6.45, 7) is -0.191. The van der Waals surface area contributed by atoms with E-state index in [-0.39, 0.29) is 6.61 Å². The number of nitrogens with zero attached hydrogens (tertiary/aromatic N) is 1. The van der Waals surface area contributed by atoms with Gasteiger partial charge in [-0.15, -0.1) is 0 Å². The molecule has 66 valence electrons. The molecule has 0 fully saturated rings. The third-order valence-electron chi connectivity index (χ3n) is 1.46. The summed E-state index contributed by atoms with van der Waals surface area (Å²) in [4.78, 5) is 3.76. The lowest BCUT2D eigenvalue weighted by Crippen LogP contribution is -2.15. The maximum absolute atomic E-state index is 8.77. The van der Waals surface area contributed by atoms with Gasteiger partial charge in [0.2, 0.25) is 0 Å². The molecule has 1 aromatic rings. The molecule has 0 radical (unpaired) electrons. The van der Waals surface area contributed by atoms with E-state index in [9.17, 15) is 0 Å². The third-order valence-corrected chi connectivity index (χ3v) is 2.06. The zero-order valence-electron chi connectivity index (χ0n) is 6.17. The Morgan fingerprint density at radius 2 is 1.92 bits per heavy atom. The fourth-order valence-electron chi connectivity index (χ4n) is 0.867. The SMILES string of the molecule is N[C@@H](CO)c1c(Cl)cncc1Cl. The van der Waals surface area contributed by atoms with E-state index in [1.807, 2.05) is 0 Å². The van der Waals surface area contributed by atoms with Crippen molar-refractivity contribution in [3.63, 3.8) is 0 Å². The summed E-state index contributed by atoms with van der Waals surface area (Å²) >= 11 is 11.5. The maximum Gasteiger partial charge on any atom is 0.0652 e. The molecule has 1 rings (SSSR count). The number of aromatic nitrogens is 1. The summed E-state index contributed by atoms with van der Waals surface area (Å²) in [7, 11) is 0. The van der Waals surface area contributed by atoms with E-state index in [1.165, 1.54) is 12.4 Å². The van der Waals surface area contributed by atoms with Gasteiger partial charge in [0.25, 0.3) is 0 Å². The van der Waals surface area contributed by atoms with Crippen LogP contribution in [0, 0.1) is 0 Å². The Balaban J connectivity index is 3.12. The minimum Gasteiger partial charge on any atom is -0.394 e. The number of nitrogens with two attached hydrogens (primary N) is 1. The molecule has 0 saturated carbocycles. The van der Waals surface area contributed by atoms with Gasteiger partial charge < -0.3 is 10.8 Å². The van der Waals surface area contributed by atoms with Gasteiger partial charge in [-0.3, -0.25) is 4.98 Å². The highest BCUT2D eigenvalue weighted by molar-refractivity contribution is 6.35. The number of hydrogen-bond acceptors (Lipinski definition) is 3. The normalized spacial score (nSPS) is 13.0. The Morgan fingerprint density at radius 1 is 1.42 bits per heavy atom. The lowest BCUT2D eigenvalue weighted by molar-refractivity contribution is 0.268. The summed E-state index contributed by atoms with van der Waals surface area (Å²) in [5, 5.41) is 9.53. The number of pyridine rings is 1. The Kier molecular flexibility index (Phi) is 3.29. The Labute approximate surface area is 80.1 Å². The van der Waals surface area contributed by atoms with Crippen molar-refractivity contribution in [1.82, 2.24) is 4.98 Å². The molecule has 0 aromatic carbocycles. The monoisotopic (exact) mass is 206 g/mol. The zero-order valence-corrected chi connectivity index (χ0v) is 7.68. The van der Waals surface area contributed by atoms with Gasteiger partial charge in [0, 0.05) is 18.0 Å². The zero-order chi connectivity index (χ0) is 9.14. The Hall–Kier alpha value is -0.350. The van der Waals surface area contributed by atoms with Crippen LogP contribution >= 0.6 is 23.2 Å². The minimum absolute atomic E-state index is 0.191. The lowest BCUT2D eigenvalue weighted by Gasteiger charge is -2.11. The van der Waals surface area contributed by atoms with Crippen LogP contribution in [0.1, 0.15) is 11.6 Å². The van der Waals surface area contributed by atoms with Crippen LogP contribution in [0.5, 0.6) is 0 Å². The van der Waals surface area contributed by atoms with Gasteiger partial charge in [0.15, 0.2) is 0 Å². The summed E-state index contributed by atoms with van der Waals surface area (Å²) in [5.74, 6) is 0. The molecule has 0 aliphatic rings. The molecule has 0 amide bonds. The molecule has 0 saturated heterocycles. The summed E-state index contributed by atoms with van der Waals surface area (Å²) in [6, 6.07) is -0.548. The fraction of sp³-hybridized carbons (Fsp3) is 0.286. The predicted molar refractivity (Wildman–Crippen MR) is 48.3 cm³/mol. The molecule has 3 N–H and O–H groups in total. The molecule has 0 aliphatic heterocycles. The number of hydrogen-bond donors (Lipinski definition) is 2. The molecule has 3 nitrogen and oxygen atoms in total. The van der Waals surface area contributed by atoms with Crippen LogP contribution in [-0.2, 0) is 0 Å². The van der Waals surface area contributed by atoms with E-state index in [0.29, 0.717) is 15.6 Å². The first-order valence-electron chi connectivity index (χ1n) is 3.32. The highest BCUT2D eigenvalue weighted by Crippen LogP contribution is 2.27.